The number of hydrogen-bond donors (Lipinski definition) is 2. The predicted octanol–water partition coefficient (Wildman–Crippen LogP) is 3.24. The number of benzene rings is 2. The van der Waals surface area contributed by atoms with Crippen molar-refractivity contribution >= 4 is 5.96 Å². The Morgan fingerprint density at radius 1 is 0.893 bits per heavy atom. The number of methoxy groups -OCH3 is 1. The molecule has 0 unspecified atom stereocenters. The first kappa shape index (κ1) is 21.6. The van der Waals surface area contributed by atoms with Gasteiger partial charge in [0, 0.05) is 26.7 Å². The Bertz CT molecular complexity index is 692. The molecule has 0 bridgehead atoms. The molecule has 6 nitrogen and oxygen atoms in total. The van der Waals surface area contributed by atoms with Crippen molar-refractivity contribution in [2.75, 3.05) is 40.0 Å². The Labute approximate surface area is 167 Å². The van der Waals surface area contributed by atoms with Crippen molar-refractivity contribution < 1.29 is 14.2 Å². The molecule has 0 heterocycles. The van der Waals surface area contributed by atoms with Crippen LogP contribution in [0.1, 0.15) is 18.9 Å². The Balaban J connectivity index is 1.79. The van der Waals surface area contributed by atoms with Gasteiger partial charge < -0.3 is 24.8 Å². The van der Waals surface area contributed by atoms with Gasteiger partial charge in [0.1, 0.15) is 18.1 Å². The molecule has 0 amide bonds. The maximum Gasteiger partial charge on any atom is 0.191 e. The molecule has 0 spiro atoms. The van der Waals surface area contributed by atoms with Crippen LogP contribution in [-0.2, 0) is 11.3 Å². The quantitative estimate of drug-likeness (QED) is 0.334. The molecular formula is C22H31N3O3. The fourth-order valence-corrected chi connectivity index (χ4v) is 2.49. The van der Waals surface area contributed by atoms with Gasteiger partial charge in [-0.15, -0.1) is 0 Å². The third kappa shape index (κ3) is 8.77. The van der Waals surface area contributed by atoms with Gasteiger partial charge in [-0.2, -0.15) is 0 Å². The molecule has 2 aromatic carbocycles. The zero-order chi connectivity index (χ0) is 19.9. The minimum absolute atomic E-state index is 0.569. The Kier molecular flexibility index (Phi) is 10.4. The predicted molar refractivity (Wildman–Crippen MR) is 113 cm³/mol. The fraction of sp³-hybridized carbons (Fsp3) is 0.409. The van der Waals surface area contributed by atoms with E-state index in [4.69, 9.17) is 14.2 Å². The van der Waals surface area contributed by atoms with E-state index in [-0.39, 0.29) is 0 Å². The fourth-order valence-electron chi connectivity index (χ4n) is 2.49. The first-order chi connectivity index (χ1) is 13.8. The monoisotopic (exact) mass is 385 g/mol. The second kappa shape index (κ2) is 13.4. The number of hydrogen-bond acceptors (Lipinski definition) is 4. The van der Waals surface area contributed by atoms with Crippen LogP contribution in [0.25, 0.3) is 0 Å². The highest BCUT2D eigenvalue weighted by atomic mass is 16.5. The Morgan fingerprint density at radius 2 is 1.68 bits per heavy atom. The maximum atomic E-state index is 5.75. The molecule has 2 N–H and O–H groups in total. The number of para-hydroxylation sites is 1. The van der Waals surface area contributed by atoms with Crippen molar-refractivity contribution in [3.8, 4) is 11.5 Å². The molecule has 2 aromatic rings. The number of nitrogens with zero attached hydrogens (tertiary/aromatic N) is 1. The van der Waals surface area contributed by atoms with Crippen LogP contribution in [0.4, 0.5) is 0 Å². The van der Waals surface area contributed by atoms with Crippen molar-refractivity contribution in [3.05, 3.63) is 60.2 Å². The van der Waals surface area contributed by atoms with Gasteiger partial charge in [-0.1, -0.05) is 30.3 Å². The molecule has 0 aliphatic heterocycles. The van der Waals surface area contributed by atoms with Crippen LogP contribution < -0.4 is 20.1 Å². The van der Waals surface area contributed by atoms with Crippen LogP contribution in [0, 0.1) is 0 Å². The minimum Gasteiger partial charge on any atom is -0.493 e. The SMILES string of the molecule is CCNC(=NCc1cccc(OCCCOC)c1)NCCOc1ccccc1. The van der Waals surface area contributed by atoms with Crippen LogP contribution in [0.5, 0.6) is 11.5 Å². The maximum absolute atomic E-state index is 5.75. The van der Waals surface area contributed by atoms with Gasteiger partial charge in [-0.05, 0) is 36.8 Å². The number of nitrogens with one attached hydrogen (secondary N) is 2. The van der Waals surface area contributed by atoms with Crippen LogP contribution in [0.3, 0.4) is 0 Å². The molecule has 0 aromatic heterocycles. The second-order valence-corrected chi connectivity index (χ2v) is 6.13. The number of aliphatic imine (C=N–C) groups is 1. The van der Waals surface area contributed by atoms with E-state index < -0.39 is 0 Å². The highest BCUT2D eigenvalue weighted by Gasteiger charge is 2.00. The van der Waals surface area contributed by atoms with E-state index >= 15 is 0 Å². The van der Waals surface area contributed by atoms with Gasteiger partial charge in [0.15, 0.2) is 5.96 Å². The van der Waals surface area contributed by atoms with Crippen LogP contribution >= 0.6 is 0 Å². The van der Waals surface area contributed by atoms with E-state index in [2.05, 4.69) is 15.6 Å². The zero-order valence-corrected chi connectivity index (χ0v) is 16.8. The Morgan fingerprint density at radius 3 is 2.46 bits per heavy atom. The average Bonchev–Trinajstić information content (AvgIpc) is 2.73. The van der Waals surface area contributed by atoms with E-state index in [1.54, 1.807) is 7.11 Å². The van der Waals surface area contributed by atoms with E-state index in [0.717, 1.165) is 36.0 Å². The molecule has 0 aliphatic rings. The van der Waals surface area contributed by atoms with E-state index in [9.17, 15) is 0 Å². The van der Waals surface area contributed by atoms with Crippen molar-refractivity contribution in [2.24, 2.45) is 4.99 Å². The molecule has 0 atom stereocenters. The summed E-state index contributed by atoms with van der Waals surface area (Å²) in [6.45, 7) is 6.01. The highest BCUT2D eigenvalue weighted by Crippen LogP contribution is 2.14. The molecule has 0 fully saturated rings. The lowest BCUT2D eigenvalue weighted by molar-refractivity contribution is 0.172. The molecule has 0 radical (unpaired) electrons. The molecule has 0 saturated carbocycles. The van der Waals surface area contributed by atoms with Crippen LogP contribution in [0.2, 0.25) is 0 Å². The molecule has 28 heavy (non-hydrogen) atoms. The molecule has 2 rings (SSSR count). The van der Waals surface area contributed by atoms with Crippen LogP contribution in [-0.4, -0.2) is 46.0 Å². The zero-order valence-electron chi connectivity index (χ0n) is 16.8. The van der Waals surface area contributed by atoms with Crippen molar-refractivity contribution in [1.82, 2.24) is 10.6 Å². The topological polar surface area (TPSA) is 64.1 Å². The third-order valence-electron chi connectivity index (χ3n) is 3.83. The summed E-state index contributed by atoms with van der Waals surface area (Å²) >= 11 is 0. The number of ether oxygens (including phenoxy) is 3. The first-order valence-electron chi connectivity index (χ1n) is 9.72. The van der Waals surface area contributed by atoms with Gasteiger partial charge in [-0.25, -0.2) is 4.99 Å². The lowest BCUT2D eigenvalue weighted by atomic mass is 10.2. The van der Waals surface area contributed by atoms with Crippen molar-refractivity contribution in [1.29, 1.82) is 0 Å². The summed E-state index contributed by atoms with van der Waals surface area (Å²) < 4.78 is 16.5. The largest absolute Gasteiger partial charge is 0.493 e. The van der Waals surface area contributed by atoms with Crippen LogP contribution in [0.15, 0.2) is 59.6 Å². The van der Waals surface area contributed by atoms with E-state index in [0.29, 0.717) is 32.9 Å². The van der Waals surface area contributed by atoms with E-state index in [1.807, 2.05) is 61.5 Å². The summed E-state index contributed by atoms with van der Waals surface area (Å²) in [4.78, 5) is 4.64. The summed E-state index contributed by atoms with van der Waals surface area (Å²) in [5.41, 5.74) is 1.10. The van der Waals surface area contributed by atoms with Gasteiger partial charge in [-0.3, -0.25) is 0 Å². The molecule has 0 saturated heterocycles. The average molecular weight is 386 g/mol. The Hall–Kier alpha value is -2.73. The van der Waals surface area contributed by atoms with Crippen molar-refractivity contribution in [3.63, 3.8) is 0 Å². The second-order valence-electron chi connectivity index (χ2n) is 6.13. The van der Waals surface area contributed by atoms with Gasteiger partial charge in [0.2, 0.25) is 0 Å². The first-order valence-corrected chi connectivity index (χ1v) is 9.72. The van der Waals surface area contributed by atoms with Gasteiger partial charge in [0.05, 0.1) is 19.7 Å². The standard InChI is InChI=1S/C22H31N3O3/c1-3-23-22(24-13-16-28-20-10-5-4-6-11-20)25-18-19-9-7-12-21(17-19)27-15-8-14-26-2/h4-7,9-12,17H,3,8,13-16,18H2,1-2H3,(H2,23,24,25). The number of rotatable bonds is 12. The summed E-state index contributed by atoms with van der Waals surface area (Å²) in [5.74, 6) is 2.50. The van der Waals surface area contributed by atoms with Gasteiger partial charge in [0.25, 0.3) is 0 Å². The summed E-state index contributed by atoms with van der Waals surface area (Å²) in [6.07, 6.45) is 0.873. The molecule has 6 heteroatoms. The highest BCUT2D eigenvalue weighted by molar-refractivity contribution is 5.79. The lowest BCUT2D eigenvalue weighted by Gasteiger charge is -2.12. The smallest absolute Gasteiger partial charge is 0.191 e. The molecule has 152 valence electrons. The minimum atomic E-state index is 0.569. The van der Waals surface area contributed by atoms with Gasteiger partial charge >= 0.3 is 0 Å². The molecule has 0 aliphatic carbocycles. The third-order valence-corrected chi connectivity index (χ3v) is 3.83. The summed E-state index contributed by atoms with van der Waals surface area (Å²) in [6, 6.07) is 17.8. The van der Waals surface area contributed by atoms with E-state index in [1.165, 1.54) is 0 Å². The normalized spacial score (nSPS) is 11.1. The number of guanidine groups is 1. The summed E-state index contributed by atoms with van der Waals surface area (Å²) in [5, 5.41) is 6.55. The molecular weight excluding hydrogens is 354 g/mol. The lowest BCUT2D eigenvalue weighted by Crippen LogP contribution is -2.39. The summed E-state index contributed by atoms with van der Waals surface area (Å²) in [7, 11) is 1.70. The van der Waals surface area contributed by atoms with Crippen molar-refractivity contribution in [2.45, 2.75) is 19.9 Å².